The van der Waals surface area contributed by atoms with E-state index in [9.17, 15) is 9.59 Å². The molecule has 7 nitrogen and oxygen atoms in total. The molecule has 27 heavy (non-hydrogen) atoms. The van der Waals surface area contributed by atoms with Crippen LogP contribution in [0, 0.1) is 0 Å². The summed E-state index contributed by atoms with van der Waals surface area (Å²) in [6.07, 6.45) is 1.28. The number of benzene rings is 2. The van der Waals surface area contributed by atoms with Crippen LogP contribution in [0.3, 0.4) is 0 Å². The number of rotatable bonds is 6. The van der Waals surface area contributed by atoms with Crippen molar-refractivity contribution in [2.24, 2.45) is 0 Å². The van der Waals surface area contributed by atoms with E-state index in [1.807, 2.05) is 30.3 Å². The highest BCUT2D eigenvalue weighted by molar-refractivity contribution is 6.03. The average Bonchev–Trinajstić information content (AvgIpc) is 2.67. The molecular formula is C20H18N4O3. The number of carbonyl (C=O) groups excluding carboxylic acids is 2. The molecule has 0 fully saturated rings. The Morgan fingerprint density at radius 1 is 0.926 bits per heavy atom. The van der Waals surface area contributed by atoms with Crippen LogP contribution < -0.4 is 15.4 Å². The number of nitrogens with zero attached hydrogens (tertiary/aromatic N) is 2. The summed E-state index contributed by atoms with van der Waals surface area (Å²) in [5.41, 5.74) is 2.31. The van der Waals surface area contributed by atoms with Crippen LogP contribution in [-0.4, -0.2) is 21.8 Å². The number of hydrogen-bond donors (Lipinski definition) is 2. The summed E-state index contributed by atoms with van der Waals surface area (Å²) in [6, 6.07) is 18.0. The zero-order chi connectivity index (χ0) is 19.1. The van der Waals surface area contributed by atoms with Crippen molar-refractivity contribution >= 4 is 23.2 Å². The smallest absolute Gasteiger partial charge is 0.274 e. The summed E-state index contributed by atoms with van der Waals surface area (Å²) in [5.74, 6) is -0.276. The van der Waals surface area contributed by atoms with E-state index in [4.69, 9.17) is 4.74 Å². The zero-order valence-electron chi connectivity index (χ0n) is 14.7. The molecule has 0 aliphatic carbocycles. The third-order valence-electron chi connectivity index (χ3n) is 3.54. The first-order valence-corrected chi connectivity index (χ1v) is 8.28. The summed E-state index contributed by atoms with van der Waals surface area (Å²) >= 11 is 0. The molecule has 0 saturated carbocycles. The first-order valence-electron chi connectivity index (χ1n) is 8.28. The number of anilines is 2. The molecule has 0 aliphatic rings. The first-order chi connectivity index (χ1) is 13.1. The molecule has 3 aromatic rings. The maximum Gasteiger partial charge on any atom is 0.274 e. The number of amides is 2. The highest BCUT2D eigenvalue weighted by atomic mass is 16.5. The lowest BCUT2D eigenvalue weighted by atomic mass is 10.2. The van der Waals surface area contributed by atoms with Gasteiger partial charge in [-0.2, -0.15) is 0 Å². The largest absolute Gasteiger partial charge is 0.473 e. The first kappa shape index (κ1) is 18.1. The summed E-state index contributed by atoms with van der Waals surface area (Å²) in [6.45, 7) is 1.76. The maximum atomic E-state index is 12.4. The molecule has 0 spiro atoms. The van der Waals surface area contributed by atoms with Gasteiger partial charge >= 0.3 is 0 Å². The molecule has 2 amide bonds. The minimum Gasteiger partial charge on any atom is -0.473 e. The molecule has 0 aliphatic heterocycles. The number of nitrogens with one attached hydrogen (secondary N) is 2. The normalized spacial score (nSPS) is 10.1. The second-order valence-electron chi connectivity index (χ2n) is 5.73. The number of aromatic nitrogens is 2. The zero-order valence-corrected chi connectivity index (χ0v) is 14.7. The molecule has 1 aromatic heterocycles. The highest BCUT2D eigenvalue weighted by Gasteiger charge is 2.10. The van der Waals surface area contributed by atoms with Crippen LogP contribution in [0.1, 0.15) is 23.0 Å². The van der Waals surface area contributed by atoms with E-state index in [-0.39, 0.29) is 11.6 Å². The van der Waals surface area contributed by atoms with Crippen LogP contribution in [0.25, 0.3) is 0 Å². The molecule has 136 valence electrons. The van der Waals surface area contributed by atoms with Crippen molar-refractivity contribution in [2.75, 3.05) is 10.6 Å². The molecule has 2 aromatic carbocycles. The predicted octanol–water partition coefficient (Wildman–Crippen LogP) is 3.27. The van der Waals surface area contributed by atoms with Crippen molar-refractivity contribution < 1.29 is 14.3 Å². The van der Waals surface area contributed by atoms with E-state index < -0.39 is 5.91 Å². The highest BCUT2D eigenvalue weighted by Crippen LogP contribution is 2.17. The fraction of sp³-hybridized carbons (Fsp3) is 0.100. The van der Waals surface area contributed by atoms with Gasteiger partial charge in [0.2, 0.25) is 11.8 Å². The van der Waals surface area contributed by atoms with Crippen LogP contribution in [-0.2, 0) is 11.4 Å². The SMILES string of the molecule is CC(=O)Nc1cccc(NC(=O)c2cc(OCc3ccccc3)ncn2)c1. The van der Waals surface area contributed by atoms with Gasteiger partial charge in [-0.25, -0.2) is 9.97 Å². The lowest BCUT2D eigenvalue weighted by molar-refractivity contribution is -0.114. The van der Waals surface area contributed by atoms with Crippen molar-refractivity contribution in [1.29, 1.82) is 0 Å². The third kappa shape index (κ3) is 5.37. The maximum absolute atomic E-state index is 12.4. The lowest BCUT2D eigenvalue weighted by Crippen LogP contribution is -2.14. The van der Waals surface area contributed by atoms with Crippen LogP contribution >= 0.6 is 0 Å². The fourth-order valence-corrected chi connectivity index (χ4v) is 2.35. The van der Waals surface area contributed by atoms with Gasteiger partial charge in [0.05, 0.1) is 0 Å². The molecule has 0 bridgehead atoms. The molecule has 3 rings (SSSR count). The molecule has 0 atom stereocenters. The Hall–Kier alpha value is -3.74. The number of carbonyl (C=O) groups is 2. The van der Waals surface area contributed by atoms with Gasteiger partial charge in [0.1, 0.15) is 18.6 Å². The van der Waals surface area contributed by atoms with Gasteiger partial charge < -0.3 is 15.4 Å². The van der Waals surface area contributed by atoms with Crippen LogP contribution in [0.2, 0.25) is 0 Å². The Labute approximate surface area is 156 Å². The van der Waals surface area contributed by atoms with Gasteiger partial charge in [0, 0.05) is 24.4 Å². The topological polar surface area (TPSA) is 93.2 Å². The second-order valence-corrected chi connectivity index (χ2v) is 5.73. The van der Waals surface area contributed by atoms with Crippen LogP contribution in [0.5, 0.6) is 5.88 Å². The van der Waals surface area contributed by atoms with Crippen LogP contribution in [0.15, 0.2) is 67.0 Å². The Kier molecular flexibility index (Phi) is 5.73. The van der Waals surface area contributed by atoms with E-state index in [2.05, 4.69) is 20.6 Å². The van der Waals surface area contributed by atoms with E-state index in [1.165, 1.54) is 19.3 Å². The quantitative estimate of drug-likeness (QED) is 0.702. The Morgan fingerprint density at radius 2 is 1.67 bits per heavy atom. The summed E-state index contributed by atoms with van der Waals surface area (Å²) in [7, 11) is 0. The molecule has 0 unspecified atom stereocenters. The van der Waals surface area contributed by atoms with E-state index in [1.54, 1.807) is 24.3 Å². The summed E-state index contributed by atoms with van der Waals surface area (Å²) < 4.78 is 5.62. The van der Waals surface area contributed by atoms with Gasteiger partial charge in [0.25, 0.3) is 5.91 Å². The van der Waals surface area contributed by atoms with Gasteiger partial charge in [0.15, 0.2) is 0 Å². The van der Waals surface area contributed by atoms with E-state index in [0.717, 1.165) is 5.56 Å². The second kappa shape index (κ2) is 8.57. The average molecular weight is 362 g/mol. The van der Waals surface area contributed by atoms with Crippen molar-refractivity contribution in [3.8, 4) is 5.88 Å². The van der Waals surface area contributed by atoms with Gasteiger partial charge in [-0.3, -0.25) is 9.59 Å². The Morgan fingerprint density at radius 3 is 2.41 bits per heavy atom. The Bertz CT molecular complexity index is 945. The van der Waals surface area contributed by atoms with Crippen LogP contribution in [0.4, 0.5) is 11.4 Å². The number of hydrogen-bond acceptors (Lipinski definition) is 5. The third-order valence-corrected chi connectivity index (χ3v) is 3.54. The molecule has 0 saturated heterocycles. The van der Waals surface area contributed by atoms with Crippen molar-refractivity contribution in [3.63, 3.8) is 0 Å². The fourth-order valence-electron chi connectivity index (χ4n) is 2.35. The number of ether oxygens (including phenoxy) is 1. The minimum atomic E-state index is -0.401. The standard InChI is InChI=1S/C20H18N4O3/c1-14(25)23-16-8-5-9-17(10-16)24-20(26)18-11-19(22-13-21-18)27-12-15-6-3-2-4-7-15/h2-11,13H,12H2,1H3,(H,23,25)(H,24,26). The lowest BCUT2D eigenvalue weighted by Gasteiger charge is -2.09. The monoisotopic (exact) mass is 362 g/mol. The molecule has 1 heterocycles. The van der Waals surface area contributed by atoms with E-state index in [0.29, 0.717) is 23.9 Å². The predicted molar refractivity (Wildman–Crippen MR) is 102 cm³/mol. The van der Waals surface area contributed by atoms with Crippen molar-refractivity contribution in [2.45, 2.75) is 13.5 Å². The Balaban J connectivity index is 1.65. The molecule has 7 heteroatoms. The summed E-state index contributed by atoms with van der Waals surface area (Å²) in [4.78, 5) is 31.6. The van der Waals surface area contributed by atoms with E-state index >= 15 is 0 Å². The van der Waals surface area contributed by atoms with Gasteiger partial charge in [-0.05, 0) is 23.8 Å². The van der Waals surface area contributed by atoms with Crippen molar-refractivity contribution in [1.82, 2.24) is 9.97 Å². The summed E-state index contributed by atoms with van der Waals surface area (Å²) in [5, 5.41) is 5.40. The van der Waals surface area contributed by atoms with Gasteiger partial charge in [-0.15, -0.1) is 0 Å². The van der Waals surface area contributed by atoms with Gasteiger partial charge in [-0.1, -0.05) is 36.4 Å². The molecule has 2 N–H and O–H groups in total. The minimum absolute atomic E-state index is 0.179. The molecule has 0 radical (unpaired) electrons. The van der Waals surface area contributed by atoms with Crippen molar-refractivity contribution in [3.05, 3.63) is 78.2 Å². The molecular weight excluding hydrogens is 344 g/mol.